The lowest BCUT2D eigenvalue weighted by Gasteiger charge is -2.07. The minimum atomic E-state index is -0.298. The molecular formula is C24H22N2O3. The third kappa shape index (κ3) is 6.36. The molecule has 0 aliphatic rings. The molecule has 0 saturated carbocycles. The molecule has 0 aliphatic heterocycles. The fourth-order valence-electron chi connectivity index (χ4n) is 2.51. The van der Waals surface area contributed by atoms with Crippen molar-refractivity contribution in [2.75, 3.05) is 6.61 Å². The van der Waals surface area contributed by atoms with Gasteiger partial charge in [-0.1, -0.05) is 55.1 Å². The second-order valence-electron chi connectivity index (χ2n) is 6.17. The van der Waals surface area contributed by atoms with Gasteiger partial charge >= 0.3 is 0 Å². The van der Waals surface area contributed by atoms with E-state index in [9.17, 15) is 4.79 Å². The molecule has 0 spiro atoms. The number of carbonyl (C=O) groups excluding carboxylic acids is 1. The molecule has 1 N–H and O–H groups in total. The van der Waals surface area contributed by atoms with Gasteiger partial charge in [0, 0.05) is 5.56 Å². The number of amides is 1. The van der Waals surface area contributed by atoms with Gasteiger partial charge in [-0.25, -0.2) is 5.43 Å². The lowest BCUT2D eigenvalue weighted by atomic mass is 10.2. The average molecular weight is 386 g/mol. The number of hydrogen-bond acceptors (Lipinski definition) is 4. The zero-order valence-electron chi connectivity index (χ0n) is 16.0. The van der Waals surface area contributed by atoms with E-state index in [4.69, 9.17) is 9.47 Å². The van der Waals surface area contributed by atoms with Crippen LogP contribution in [0, 0.1) is 0 Å². The summed E-state index contributed by atoms with van der Waals surface area (Å²) in [6.07, 6.45) is 3.24. The normalized spacial score (nSPS) is 10.5. The lowest BCUT2D eigenvalue weighted by Crippen LogP contribution is -2.17. The Morgan fingerprint density at radius 2 is 1.72 bits per heavy atom. The highest BCUT2D eigenvalue weighted by Gasteiger charge is 2.04. The first-order chi connectivity index (χ1) is 14.2. The first kappa shape index (κ1) is 19.9. The highest BCUT2D eigenvalue weighted by molar-refractivity contribution is 5.95. The van der Waals surface area contributed by atoms with Gasteiger partial charge in [0.2, 0.25) is 0 Å². The Kier molecular flexibility index (Phi) is 7.18. The Labute approximate surface area is 170 Å². The van der Waals surface area contributed by atoms with Crippen LogP contribution in [-0.4, -0.2) is 18.7 Å². The molecule has 0 heterocycles. The van der Waals surface area contributed by atoms with Gasteiger partial charge in [-0.15, -0.1) is 0 Å². The van der Waals surface area contributed by atoms with Gasteiger partial charge in [0.25, 0.3) is 5.91 Å². The molecule has 1 amide bonds. The topological polar surface area (TPSA) is 59.9 Å². The zero-order valence-corrected chi connectivity index (χ0v) is 16.0. The molecule has 0 atom stereocenters. The summed E-state index contributed by atoms with van der Waals surface area (Å²) in [4.78, 5) is 12.2. The van der Waals surface area contributed by atoms with E-state index in [-0.39, 0.29) is 5.91 Å². The summed E-state index contributed by atoms with van der Waals surface area (Å²) in [5.74, 6) is 1.12. The van der Waals surface area contributed by atoms with E-state index in [0.717, 1.165) is 16.9 Å². The van der Waals surface area contributed by atoms with Crippen molar-refractivity contribution in [1.82, 2.24) is 5.43 Å². The van der Waals surface area contributed by atoms with E-state index >= 15 is 0 Å². The smallest absolute Gasteiger partial charge is 0.271 e. The SMILES string of the molecule is C=CCOc1ccc(C(=O)N/N=C/c2cccc(OCc3ccccc3)c2)cc1. The third-order valence-electron chi connectivity index (χ3n) is 3.97. The van der Waals surface area contributed by atoms with Crippen LogP contribution in [-0.2, 0) is 6.61 Å². The van der Waals surface area contributed by atoms with Crippen molar-refractivity contribution in [2.45, 2.75) is 6.61 Å². The highest BCUT2D eigenvalue weighted by atomic mass is 16.5. The van der Waals surface area contributed by atoms with Crippen LogP contribution in [0.5, 0.6) is 11.5 Å². The average Bonchev–Trinajstić information content (AvgIpc) is 2.77. The summed E-state index contributed by atoms with van der Waals surface area (Å²) in [5, 5.41) is 4.02. The van der Waals surface area contributed by atoms with E-state index < -0.39 is 0 Å². The second kappa shape index (κ2) is 10.5. The summed E-state index contributed by atoms with van der Waals surface area (Å²) < 4.78 is 11.2. The van der Waals surface area contributed by atoms with Crippen molar-refractivity contribution >= 4 is 12.1 Å². The molecule has 3 aromatic rings. The molecule has 0 fully saturated rings. The van der Waals surface area contributed by atoms with Crippen LogP contribution in [0.3, 0.4) is 0 Å². The van der Waals surface area contributed by atoms with Crippen molar-refractivity contribution < 1.29 is 14.3 Å². The second-order valence-corrected chi connectivity index (χ2v) is 6.17. The Hall–Kier alpha value is -3.86. The molecule has 3 rings (SSSR count). The predicted octanol–water partition coefficient (Wildman–Crippen LogP) is 4.59. The largest absolute Gasteiger partial charge is 0.490 e. The van der Waals surface area contributed by atoms with E-state index in [1.165, 1.54) is 0 Å². The summed E-state index contributed by atoms with van der Waals surface area (Å²) in [7, 11) is 0. The molecule has 0 unspecified atom stereocenters. The Balaban J connectivity index is 1.53. The standard InChI is InChI=1S/C24H22N2O3/c1-2-15-28-22-13-11-21(12-14-22)24(27)26-25-17-20-9-6-10-23(16-20)29-18-19-7-4-3-5-8-19/h2-14,16-17H,1,15,18H2,(H,26,27)/b25-17+. The van der Waals surface area contributed by atoms with Crippen LogP contribution in [0.4, 0.5) is 0 Å². The first-order valence-corrected chi connectivity index (χ1v) is 9.18. The number of nitrogens with one attached hydrogen (secondary N) is 1. The molecule has 5 heteroatoms. The molecular weight excluding hydrogens is 364 g/mol. The zero-order chi connectivity index (χ0) is 20.3. The number of nitrogens with zero attached hydrogens (tertiary/aromatic N) is 1. The van der Waals surface area contributed by atoms with Crippen molar-refractivity contribution in [3.05, 3.63) is 108 Å². The highest BCUT2D eigenvalue weighted by Crippen LogP contribution is 2.14. The lowest BCUT2D eigenvalue weighted by molar-refractivity contribution is 0.0955. The summed E-state index contributed by atoms with van der Waals surface area (Å²) in [6.45, 7) is 4.51. The number of hydrogen-bond donors (Lipinski definition) is 1. The maximum Gasteiger partial charge on any atom is 0.271 e. The van der Waals surface area contributed by atoms with Gasteiger partial charge < -0.3 is 9.47 Å². The summed E-state index contributed by atoms with van der Waals surface area (Å²) in [5.41, 5.74) is 4.93. The first-order valence-electron chi connectivity index (χ1n) is 9.18. The number of hydrazone groups is 1. The molecule has 0 aromatic heterocycles. The Morgan fingerprint density at radius 3 is 2.48 bits per heavy atom. The van der Waals surface area contributed by atoms with Crippen LogP contribution in [0.2, 0.25) is 0 Å². The molecule has 29 heavy (non-hydrogen) atoms. The monoisotopic (exact) mass is 386 g/mol. The number of rotatable bonds is 9. The van der Waals surface area contributed by atoms with E-state index in [1.54, 1.807) is 36.6 Å². The van der Waals surface area contributed by atoms with Crippen molar-refractivity contribution in [3.8, 4) is 11.5 Å². The van der Waals surface area contributed by atoms with E-state index in [1.807, 2.05) is 54.6 Å². The van der Waals surface area contributed by atoms with Crippen LogP contribution < -0.4 is 14.9 Å². The fraction of sp³-hybridized carbons (Fsp3) is 0.0833. The summed E-state index contributed by atoms with van der Waals surface area (Å²) in [6, 6.07) is 24.3. The number of carbonyl (C=O) groups is 1. The van der Waals surface area contributed by atoms with Crippen LogP contribution >= 0.6 is 0 Å². The molecule has 146 valence electrons. The van der Waals surface area contributed by atoms with E-state index in [2.05, 4.69) is 17.1 Å². The molecule has 0 bridgehead atoms. The van der Waals surface area contributed by atoms with Crippen molar-refractivity contribution in [1.29, 1.82) is 0 Å². The maximum absolute atomic E-state index is 12.2. The van der Waals surface area contributed by atoms with Crippen LogP contribution in [0.25, 0.3) is 0 Å². The summed E-state index contributed by atoms with van der Waals surface area (Å²) >= 11 is 0. The molecule has 5 nitrogen and oxygen atoms in total. The molecule has 0 saturated heterocycles. The van der Waals surface area contributed by atoms with Crippen LogP contribution in [0.1, 0.15) is 21.5 Å². The minimum absolute atomic E-state index is 0.298. The predicted molar refractivity (Wildman–Crippen MR) is 114 cm³/mol. The van der Waals surface area contributed by atoms with E-state index in [0.29, 0.717) is 24.5 Å². The Bertz CT molecular complexity index is 967. The molecule has 0 aliphatic carbocycles. The van der Waals surface area contributed by atoms with Gasteiger partial charge in [-0.2, -0.15) is 5.10 Å². The fourth-order valence-corrected chi connectivity index (χ4v) is 2.51. The van der Waals surface area contributed by atoms with Gasteiger partial charge in [-0.05, 0) is 47.5 Å². The van der Waals surface area contributed by atoms with Gasteiger partial charge in [-0.3, -0.25) is 4.79 Å². The minimum Gasteiger partial charge on any atom is -0.490 e. The number of ether oxygens (including phenoxy) is 2. The molecule has 0 radical (unpaired) electrons. The number of benzene rings is 3. The van der Waals surface area contributed by atoms with Crippen molar-refractivity contribution in [3.63, 3.8) is 0 Å². The van der Waals surface area contributed by atoms with Crippen LogP contribution in [0.15, 0.2) is 96.6 Å². The maximum atomic E-state index is 12.2. The Morgan fingerprint density at radius 1 is 0.931 bits per heavy atom. The third-order valence-corrected chi connectivity index (χ3v) is 3.97. The van der Waals surface area contributed by atoms with Gasteiger partial charge in [0.05, 0.1) is 6.21 Å². The quantitative estimate of drug-likeness (QED) is 0.332. The van der Waals surface area contributed by atoms with Gasteiger partial charge in [0.15, 0.2) is 0 Å². The van der Waals surface area contributed by atoms with Gasteiger partial charge in [0.1, 0.15) is 24.7 Å². The van der Waals surface area contributed by atoms with Crippen molar-refractivity contribution in [2.24, 2.45) is 5.10 Å². The molecule has 3 aromatic carbocycles.